The van der Waals surface area contributed by atoms with Gasteiger partial charge in [0.2, 0.25) is 0 Å². The Balaban J connectivity index is 1.52. The van der Waals surface area contributed by atoms with E-state index in [4.69, 9.17) is 0 Å². The summed E-state index contributed by atoms with van der Waals surface area (Å²) < 4.78 is 13.2. The van der Waals surface area contributed by atoms with Crippen molar-refractivity contribution in [1.82, 2.24) is 9.88 Å². The normalized spacial score (nSPS) is 16.8. The molecule has 3 aromatic rings. The van der Waals surface area contributed by atoms with Gasteiger partial charge >= 0.3 is 0 Å². The number of carbonyl (C=O) groups is 1. The van der Waals surface area contributed by atoms with Crippen LogP contribution in [0.2, 0.25) is 0 Å². The van der Waals surface area contributed by atoms with Crippen molar-refractivity contribution < 1.29 is 9.18 Å². The topological polar surface area (TPSA) is 33.2 Å². The molecule has 3 nitrogen and oxygen atoms in total. The number of benzene rings is 2. The molecule has 1 fully saturated rings. The van der Waals surface area contributed by atoms with Crippen molar-refractivity contribution >= 4 is 5.91 Å². The van der Waals surface area contributed by atoms with Gasteiger partial charge in [-0.15, -0.1) is 0 Å². The SMILES string of the molecule is O=C(c1ccc(F)cc1)N1CCCCC1c1ccc(Cc2ccccc2)nc1. The number of halogens is 1. The minimum absolute atomic E-state index is 0.0181. The lowest BCUT2D eigenvalue weighted by Crippen LogP contribution is -2.38. The molecule has 1 aliphatic heterocycles. The largest absolute Gasteiger partial charge is 0.332 e. The van der Waals surface area contributed by atoms with E-state index in [1.165, 1.54) is 17.7 Å². The van der Waals surface area contributed by atoms with E-state index in [1.807, 2.05) is 29.3 Å². The predicted octanol–water partition coefficient (Wildman–Crippen LogP) is 5.18. The minimum atomic E-state index is -0.329. The Kier molecular flexibility index (Phi) is 5.47. The lowest BCUT2D eigenvalue weighted by molar-refractivity contribution is 0.0611. The number of nitrogens with zero attached hydrogens (tertiary/aromatic N) is 2. The second-order valence-corrected chi connectivity index (χ2v) is 7.26. The molecule has 0 bridgehead atoms. The van der Waals surface area contributed by atoms with Gasteiger partial charge in [0.25, 0.3) is 5.91 Å². The van der Waals surface area contributed by atoms with E-state index < -0.39 is 0 Å². The third-order valence-electron chi connectivity index (χ3n) is 5.32. The number of likely N-dealkylation sites (tertiary alicyclic amines) is 1. The summed E-state index contributed by atoms with van der Waals surface area (Å²) in [7, 11) is 0. The monoisotopic (exact) mass is 374 g/mol. The Morgan fingerprint density at radius 3 is 2.50 bits per heavy atom. The molecule has 0 spiro atoms. The minimum Gasteiger partial charge on any atom is -0.332 e. The molecule has 0 N–H and O–H groups in total. The van der Waals surface area contributed by atoms with Gasteiger partial charge in [-0.05, 0) is 60.7 Å². The maximum Gasteiger partial charge on any atom is 0.254 e. The summed E-state index contributed by atoms with van der Waals surface area (Å²) in [4.78, 5) is 19.5. The molecule has 2 heterocycles. The Bertz CT molecular complexity index is 923. The molecule has 142 valence electrons. The van der Waals surface area contributed by atoms with Crippen LogP contribution in [0.15, 0.2) is 72.9 Å². The van der Waals surface area contributed by atoms with Crippen molar-refractivity contribution in [2.24, 2.45) is 0 Å². The number of rotatable bonds is 4. The number of amides is 1. The van der Waals surface area contributed by atoms with Crippen molar-refractivity contribution in [3.05, 3.63) is 101 Å². The molecular weight excluding hydrogens is 351 g/mol. The predicted molar refractivity (Wildman–Crippen MR) is 108 cm³/mol. The van der Waals surface area contributed by atoms with E-state index in [9.17, 15) is 9.18 Å². The summed E-state index contributed by atoms with van der Waals surface area (Å²) in [6.07, 6.45) is 5.70. The summed E-state index contributed by atoms with van der Waals surface area (Å²) in [6, 6.07) is 20.2. The summed E-state index contributed by atoms with van der Waals surface area (Å²) in [5, 5.41) is 0. The van der Waals surface area contributed by atoms with E-state index in [2.05, 4.69) is 29.2 Å². The van der Waals surface area contributed by atoms with Gasteiger partial charge in [-0.1, -0.05) is 36.4 Å². The van der Waals surface area contributed by atoms with Crippen molar-refractivity contribution in [2.45, 2.75) is 31.7 Å². The molecule has 4 rings (SSSR count). The molecule has 28 heavy (non-hydrogen) atoms. The zero-order chi connectivity index (χ0) is 19.3. The number of carbonyl (C=O) groups excluding carboxylic acids is 1. The zero-order valence-electron chi connectivity index (χ0n) is 15.7. The third kappa shape index (κ3) is 4.11. The average molecular weight is 374 g/mol. The van der Waals surface area contributed by atoms with Gasteiger partial charge in [0.1, 0.15) is 5.82 Å². The lowest BCUT2D eigenvalue weighted by atomic mass is 9.95. The highest BCUT2D eigenvalue weighted by atomic mass is 19.1. The van der Waals surface area contributed by atoms with Crippen LogP contribution in [0.4, 0.5) is 4.39 Å². The summed E-state index contributed by atoms with van der Waals surface area (Å²) >= 11 is 0. The first-order valence-electron chi connectivity index (χ1n) is 9.76. The molecule has 4 heteroatoms. The highest BCUT2D eigenvalue weighted by molar-refractivity contribution is 5.94. The van der Waals surface area contributed by atoms with Crippen LogP contribution in [0, 0.1) is 5.82 Å². The number of pyridine rings is 1. The quantitative estimate of drug-likeness (QED) is 0.630. The van der Waals surface area contributed by atoms with Gasteiger partial charge < -0.3 is 4.90 Å². The fourth-order valence-electron chi connectivity index (χ4n) is 3.82. The number of hydrogen-bond acceptors (Lipinski definition) is 2. The summed E-state index contributed by atoms with van der Waals surface area (Å²) in [5.41, 5.74) is 3.84. The van der Waals surface area contributed by atoms with Gasteiger partial charge in [0.15, 0.2) is 0 Å². The maximum atomic E-state index is 13.2. The highest BCUT2D eigenvalue weighted by Gasteiger charge is 2.28. The Hall–Kier alpha value is -3.01. The van der Waals surface area contributed by atoms with Crippen LogP contribution >= 0.6 is 0 Å². The number of aromatic nitrogens is 1. The second-order valence-electron chi connectivity index (χ2n) is 7.26. The molecule has 0 radical (unpaired) electrons. The molecule has 0 saturated carbocycles. The van der Waals surface area contributed by atoms with Gasteiger partial charge in [0, 0.05) is 30.4 Å². The molecule has 1 aliphatic rings. The van der Waals surface area contributed by atoms with Gasteiger partial charge in [-0.3, -0.25) is 9.78 Å². The molecule has 1 unspecified atom stereocenters. The number of hydrogen-bond donors (Lipinski definition) is 0. The maximum absolute atomic E-state index is 13.2. The molecular formula is C24H23FN2O. The average Bonchev–Trinajstić information content (AvgIpc) is 2.75. The lowest BCUT2D eigenvalue weighted by Gasteiger charge is -2.36. The van der Waals surface area contributed by atoms with Crippen LogP contribution in [0.5, 0.6) is 0 Å². The fraction of sp³-hybridized carbons (Fsp3) is 0.250. The molecule has 1 saturated heterocycles. The van der Waals surface area contributed by atoms with Crippen LogP contribution in [0.3, 0.4) is 0 Å². The van der Waals surface area contributed by atoms with Gasteiger partial charge in [-0.25, -0.2) is 4.39 Å². The molecule has 2 aromatic carbocycles. The smallest absolute Gasteiger partial charge is 0.254 e. The van der Waals surface area contributed by atoms with Crippen LogP contribution in [-0.2, 0) is 6.42 Å². The van der Waals surface area contributed by atoms with E-state index in [0.29, 0.717) is 12.1 Å². The van der Waals surface area contributed by atoms with Crippen molar-refractivity contribution in [2.75, 3.05) is 6.54 Å². The van der Waals surface area contributed by atoms with Crippen molar-refractivity contribution in [3.8, 4) is 0 Å². The van der Waals surface area contributed by atoms with Crippen LogP contribution in [0.1, 0.15) is 52.5 Å². The van der Waals surface area contributed by atoms with E-state index in [0.717, 1.165) is 36.9 Å². The van der Waals surface area contributed by atoms with E-state index >= 15 is 0 Å². The van der Waals surface area contributed by atoms with Crippen molar-refractivity contribution in [3.63, 3.8) is 0 Å². The fourth-order valence-corrected chi connectivity index (χ4v) is 3.82. The molecule has 0 aliphatic carbocycles. The highest BCUT2D eigenvalue weighted by Crippen LogP contribution is 2.32. The van der Waals surface area contributed by atoms with E-state index in [1.54, 1.807) is 12.1 Å². The van der Waals surface area contributed by atoms with Gasteiger partial charge in [-0.2, -0.15) is 0 Å². The molecule has 1 amide bonds. The Morgan fingerprint density at radius 2 is 1.79 bits per heavy atom. The van der Waals surface area contributed by atoms with Crippen LogP contribution in [-0.4, -0.2) is 22.3 Å². The second kappa shape index (κ2) is 8.34. The Morgan fingerprint density at radius 1 is 1.00 bits per heavy atom. The van der Waals surface area contributed by atoms with E-state index in [-0.39, 0.29) is 17.8 Å². The van der Waals surface area contributed by atoms with Crippen LogP contribution < -0.4 is 0 Å². The summed E-state index contributed by atoms with van der Waals surface area (Å²) in [6.45, 7) is 0.715. The first kappa shape index (κ1) is 18.4. The van der Waals surface area contributed by atoms with Crippen molar-refractivity contribution in [1.29, 1.82) is 0 Å². The Labute approximate surface area is 164 Å². The van der Waals surface area contributed by atoms with Gasteiger partial charge in [0.05, 0.1) is 6.04 Å². The third-order valence-corrected chi connectivity index (χ3v) is 5.32. The standard InChI is InChI=1S/C24H23FN2O/c25-21-12-9-19(10-13-21)24(28)27-15-5-4-8-23(27)20-11-14-22(26-17-20)16-18-6-2-1-3-7-18/h1-3,6-7,9-14,17,23H,4-5,8,15-16H2. The van der Waals surface area contributed by atoms with Crippen LogP contribution in [0.25, 0.3) is 0 Å². The first-order chi connectivity index (χ1) is 13.7. The number of piperidine rings is 1. The molecule has 1 atom stereocenters. The molecule has 1 aromatic heterocycles. The summed E-state index contributed by atoms with van der Waals surface area (Å²) in [5.74, 6) is -0.372. The first-order valence-corrected chi connectivity index (χ1v) is 9.76. The zero-order valence-corrected chi connectivity index (χ0v) is 15.7.